The van der Waals surface area contributed by atoms with Crippen molar-refractivity contribution in [3.63, 3.8) is 0 Å². The van der Waals surface area contributed by atoms with Crippen molar-refractivity contribution in [1.82, 2.24) is 5.32 Å². The number of nitrogens with one attached hydrogen (secondary N) is 1. The Hall–Kier alpha value is -0.600. The van der Waals surface area contributed by atoms with Crippen LogP contribution >= 0.6 is 46.7 Å². The van der Waals surface area contributed by atoms with Crippen LogP contribution < -0.4 is 11.1 Å². The first kappa shape index (κ1) is 17.5. The molecule has 2 aromatic heterocycles. The van der Waals surface area contributed by atoms with Crippen LogP contribution in [0.25, 0.3) is 0 Å². The lowest BCUT2D eigenvalue weighted by molar-refractivity contribution is 0.776. The third-order valence-electron chi connectivity index (χ3n) is 2.82. The van der Waals surface area contributed by atoms with Crippen molar-refractivity contribution in [3.05, 3.63) is 44.8 Å². The molecule has 0 saturated heterocycles. The first-order valence-corrected chi connectivity index (χ1v) is 8.11. The van der Waals surface area contributed by atoms with Crippen LogP contribution in [0.3, 0.4) is 0 Å². The molecule has 0 aliphatic heterocycles. The number of rotatable bonds is 6. The van der Waals surface area contributed by atoms with Crippen molar-refractivity contribution in [1.29, 1.82) is 0 Å². The Kier molecular flexibility index (Phi) is 8.16. The van der Waals surface area contributed by atoms with E-state index >= 15 is 0 Å². The molecule has 0 fully saturated rings. The molecule has 1 unspecified atom stereocenters. The molecule has 0 radical (unpaired) electrons. The highest BCUT2D eigenvalue weighted by Gasteiger charge is 2.05. The normalized spacial score (nSPS) is 12.8. The molecule has 110 valence electrons. The van der Waals surface area contributed by atoms with Gasteiger partial charge in [-0.05, 0) is 29.3 Å². The van der Waals surface area contributed by atoms with E-state index < -0.39 is 0 Å². The molecule has 0 saturated carbocycles. The standard InChI is InChI=1S/C14H19N3S2.HI/c1-11(13-5-3-9-19-13)10-17-14(15)16-7-6-12-4-2-8-18-12;/h2-5,8-9,11H,6-7,10H2,1H3,(H3,15,16,17);1H. The van der Waals surface area contributed by atoms with Gasteiger partial charge in [-0.1, -0.05) is 19.1 Å². The van der Waals surface area contributed by atoms with Crippen LogP contribution in [0.15, 0.2) is 40.0 Å². The van der Waals surface area contributed by atoms with Crippen LogP contribution in [0.1, 0.15) is 22.6 Å². The van der Waals surface area contributed by atoms with E-state index in [2.05, 4.69) is 52.3 Å². The second-order valence-electron chi connectivity index (χ2n) is 4.40. The number of halogens is 1. The fraction of sp³-hybridized carbons (Fsp3) is 0.357. The van der Waals surface area contributed by atoms with E-state index in [0.717, 1.165) is 19.5 Å². The molecule has 2 rings (SSSR count). The molecule has 0 spiro atoms. The molecule has 2 aromatic rings. The highest BCUT2D eigenvalue weighted by atomic mass is 127. The van der Waals surface area contributed by atoms with Crippen molar-refractivity contribution in [2.45, 2.75) is 19.3 Å². The van der Waals surface area contributed by atoms with E-state index in [1.807, 2.05) is 0 Å². The molecule has 3 nitrogen and oxygen atoms in total. The quantitative estimate of drug-likeness (QED) is 0.425. The molecule has 0 aliphatic carbocycles. The minimum absolute atomic E-state index is 0. The lowest BCUT2D eigenvalue weighted by Gasteiger charge is -2.08. The van der Waals surface area contributed by atoms with Crippen molar-refractivity contribution in [2.75, 3.05) is 13.1 Å². The van der Waals surface area contributed by atoms with E-state index in [9.17, 15) is 0 Å². The zero-order valence-corrected chi connectivity index (χ0v) is 15.4. The van der Waals surface area contributed by atoms with Gasteiger partial charge in [0, 0.05) is 22.2 Å². The second kappa shape index (κ2) is 9.36. The fourth-order valence-corrected chi connectivity index (χ4v) is 3.21. The van der Waals surface area contributed by atoms with Crippen LogP contribution in [-0.2, 0) is 6.42 Å². The summed E-state index contributed by atoms with van der Waals surface area (Å²) in [7, 11) is 0. The van der Waals surface area contributed by atoms with Gasteiger partial charge >= 0.3 is 0 Å². The predicted molar refractivity (Wildman–Crippen MR) is 101 cm³/mol. The Morgan fingerprint density at radius 3 is 2.70 bits per heavy atom. The fourth-order valence-electron chi connectivity index (χ4n) is 1.72. The summed E-state index contributed by atoms with van der Waals surface area (Å²) in [6.45, 7) is 3.75. The maximum Gasteiger partial charge on any atom is 0.188 e. The molecule has 0 bridgehead atoms. The molecule has 0 aromatic carbocycles. The van der Waals surface area contributed by atoms with Crippen molar-refractivity contribution in [2.24, 2.45) is 10.7 Å². The SMILES string of the molecule is CC(CN=C(N)NCCc1cccs1)c1cccs1.I. The summed E-state index contributed by atoms with van der Waals surface area (Å²) in [5.41, 5.74) is 5.86. The summed E-state index contributed by atoms with van der Waals surface area (Å²) in [4.78, 5) is 7.12. The number of hydrogen-bond acceptors (Lipinski definition) is 3. The molecule has 0 aliphatic rings. The van der Waals surface area contributed by atoms with Gasteiger partial charge in [-0.3, -0.25) is 4.99 Å². The maximum absolute atomic E-state index is 5.86. The summed E-state index contributed by atoms with van der Waals surface area (Å²) in [5, 5.41) is 7.35. The van der Waals surface area contributed by atoms with Gasteiger partial charge in [0.15, 0.2) is 5.96 Å². The van der Waals surface area contributed by atoms with Gasteiger partial charge < -0.3 is 11.1 Å². The van der Waals surface area contributed by atoms with Gasteiger partial charge in [0.1, 0.15) is 0 Å². The number of guanidine groups is 1. The average Bonchev–Trinajstić information content (AvgIpc) is 3.08. The smallest absolute Gasteiger partial charge is 0.188 e. The molecule has 20 heavy (non-hydrogen) atoms. The summed E-state index contributed by atoms with van der Waals surface area (Å²) in [6, 6.07) is 8.42. The number of nitrogens with zero attached hydrogens (tertiary/aromatic N) is 1. The monoisotopic (exact) mass is 421 g/mol. The van der Waals surface area contributed by atoms with E-state index in [1.165, 1.54) is 9.75 Å². The first-order chi connectivity index (χ1) is 9.25. The molecule has 0 amide bonds. The van der Waals surface area contributed by atoms with E-state index in [-0.39, 0.29) is 24.0 Å². The van der Waals surface area contributed by atoms with Crippen molar-refractivity contribution in [3.8, 4) is 0 Å². The number of thiophene rings is 2. The number of hydrogen-bond donors (Lipinski definition) is 2. The highest BCUT2D eigenvalue weighted by molar-refractivity contribution is 14.0. The zero-order valence-electron chi connectivity index (χ0n) is 11.4. The van der Waals surface area contributed by atoms with Gasteiger partial charge in [-0.15, -0.1) is 46.7 Å². The summed E-state index contributed by atoms with van der Waals surface area (Å²) in [5.74, 6) is 0.970. The van der Waals surface area contributed by atoms with Gasteiger partial charge in [0.2, 0.25) is 0 Å². The van der Waals surface area contributed by atoms with Crippen LogP contribution in [0.2, 0.25) is 0 Å². The largest absolute Gasteiger partial charge is 0.370 e. The highest BCUT2D eigenvalue weighted by Crippen LogP contribution is 2.20. The Bertz CT molecular complexity index is 494. The molecule has 6 heteroatoms. The third-order valence-corrected chi connectivity index (χ3v) is 4.86. The Morgan fingerprint density at radius 1 is 1.30 bits per heavy atom. The van der Waals surface area contributed by atoms with Crippen LogP contribution in [-0.4, -0.2) is 19.0 Å². The Balaban J connectivity index is 0.00000200. The number of aliphatic imine (C=N–C) groups is 1. The average molecular weight is 421 g/mol. The number of nitrogens with two attached hydrogens (primary N) is 1. The molecule has 2 heterocycles. The molecular weight excluding hydrogens is 401 g/mol. The van der Waals surface area contributed by atoms with Crippen molar-refractivity contribution < 1.29 is 0 Å². The third kappa shape index (κ3) is 5.80. The van der Waals surface area contributed by atoms with Gasteiger partial charge in [0.25, 0.3) is 0 Å². The van der Waals surface area contributed by atoms with Crippen LogP contribution in [0.4, 0.5) is 0 Å². The first-order valence-electron chi connectivity index (χ1n) is 6.35. The lowest BCUT2D eigenvalue weighted by Crippen LogP contribution is -2.33. The van der Waals surface area contributed by atoms with Gasteiger partial charge in [-0.25, -0.2) is 0 Å². The molecule has 1 atom stereocenters. The summed E-state index contributed by atoms with van der Waals surface area (Å²) >= 11 is 3.54. The Labute approximate surface area is 145 Å². The predicted octanol–water partition coefficient (Wildman–Crippen LogP) is 3.68. The van der Waals surface area contributed by atoms with E-state index in [4.69, 9.17) is 5.73 Å². The van der Waals surface area contributed by atoms with E-state index in [1.54, 1.807) is 22.7 Å². The second-order valence-corrected chi connectivity index (χ2v) is 6.41. The minimum atomic E-state index is 0. The minimum Gasteiger partial charge on any atom is -0.370 e. The zero-order chi connectivity index (χ0) is 13.5. The molecule has 3 N–H and O–H groups in total. The maximum atomic E-state index is 5.86. The van der Waals surface area contributed by atoms with E-state index in [0.29, 0.717) is 11.9 Å². The molecular formula is C14H20IN3S2. The Morgan fingerprint density at radius 2 is 2.05 bits per heavy atom. The van der Waals surface area contributed by atoms with Crippen molar-refractivity contribution >= 4 is 52.6 Å². The summed E-state index contributed by atoms with van der Waals surface area (Å²) in [6.07, 6.45) is 0.994. The van der Waals surface area contributed by atoms with Gasteiger partial charge in [0.05, 0.1) is 6.54 Å². The van der Waals surface area contributed by atoms with Crippen LogP contribution in [0.5, 0.6) is 0 Å². The van der Waals surface area contributed by atoms with Gasteiger partial charge in [-0.2, -0.15) is 0 Å². The lowest BCUT2D eigenvalue weighted by atomic mass is 10.1. The van der Waals surface area contributed by atoms with Crippen LogP contribution in [0, 0.1) is 0 Å². The summed E-state index contributed by atoms with van der Waals surface area (Å²) < 4.78 is 0. The topological polar surface area (TPSA) is 50.4 Å².